The van der Waals surface area contributed by atoms with Crippen LogP contribution in [0.3, 0.4) is 0 Å². The molecule has 0 amide bonds. The lowest BCUT2D eigenvalue weighted by molar-refractivity contribution is -0.105. The van der Waals surface area contributed by atoms with E-state index in [4.69, 9.17) is 19.3 Å². The van der Waals surface area contributed by atoms with Gasteiger partial charge < -0.3 is 34.8 Å². The summed E-state index contributed by atoms with van der Waals surface area (Å²) in [6.07, 6.45) is 9.11. The fourth-order valence-corrected chi connectivity index (χ4v) is 4.42. The fraction of sp³-hybridized carbons (Fsp3) is 0.667. The van der Waals surface area contributed by atoms with Crippen molar-refractivity contribution in [3.63, 3.8) is 0 Å². The molecule has 10 nitrogen and oxygen atoms in total. The standard InChI is InChI=1S/C25H38N4O4.C4H10O.CH4O/c1-32-25(33-2)20-14-19(24-27-10-7-11-28-24)15-21(16-20)26-9-5-3-4-6-12-29-13-8-23(31)17-22(29)18-30;1-4(2)5-3;1-2/h7,10-11,14-16,22-23,25-26,30-31H,3-6,8-9,12-13,17-18H2,1-2H3;4H,1-3H3;2H,1H3. The number of benzene rings is 1. The first kappa shape index (κ1) is 35.8. The Labute approximate surface area is 240 Å². The molecule has 4 N–H and O–H groups in total. The number of hydrogen-bond donors (Lipinski definition) is 4. The number of ether oxygens (including phenoxy) is 3. The molecule has 1 aromatic heterocycles. The predicted molar refractivity (Wildman–Crippen MR) is 159 cm³/mol. The van der Waals surface area contributed by atoms with Crippen molar-refractivity contribution >= 4 is 5.69 Å². The van der Waals surface area contributed by atoms with Gasteiger partial charge in [-0.05, 0) is 70.3 Å². The summed E-state index contributed by atoms with van der Waals surface area (Å²) in [4.78, 5) is 11.1. The monoisotopic (exact) mass is 564 g/mol. The van der Waals surface area contributed by atoms with Gasteiger partial charge in [0.25, 0.3) is 0 Å². The summed E-state index contributed by atoms with van der Waals surface area (Å²) >= 11 is 0. The SMILES string of the molecule is CO.COC(C)C.COC(OC)c1cc(NCCCCCCN2CCC(O)CC2CO)cc(-c2ncccn2)c1. The lowest BCUT2D eigenvalue weighted by atomic mass is 9.99. The van der Waals surface area contributed by atoms with Gasteiger partial charge in [0.1, 0.15) is 0 Å². The molecule has 2 atom stereocenters. The molecule has 228 valence electrons. The molecule has 2 aromatic rings. The number of likely N-dealkylation sites (tertiary alicyclic amines) is 1. The first-order valence-electron chi connectivity index (χ1n) is 14.1. The Balaban J connectivity index is 0.00000103. The van der Waals surface area contributed by atoms with Gasteiger partial charge in [-0.2, -0.15) is 0 Å². The topological polar surface area (TPSA) is 129 Å². The van der Waals surface area contributed by atoms with E-state index in [0.717, 1.165) is 75.7 Å². The number of aromatic nitrogens is 2. The molecule has 1 saturated heterocycles. The molecule has 0 bridgehead atoms. The van der Waals surface area contributed by atoms with E-state index >= 15 is 0 Å². The third kappa shape index (κ3) is 13.5. The average Bonchev–Trinajstić information content (AvgIpc) is 2.99. The van der Waals surface area contributed by atoms with Crippen LogP contribution in [0.5, 0.6) is 0 Å². The number of nitrogens with one attached hydrogen (secondary N) is 1. The molecular weight excluding hydrogens is 512 g/mol. The Morgan fingerprint density at radius 1 is 0.975 bits per heavy atom. The molecule has 2 unspecified atom stereocenters. The van der Waals surface area contributed by atoms with Gasteiger partial charge in [0.05, 0.1) is 18.8 Å². The van der Waals surface area contributed by atoms with Gasteiger partial charge in [-0.1, -0.05) is 12.8 Å². The Kier molecular flexibility index (Phi) is 19.3. The van der Waals surface area contributed by atoms with Crippen LogP contribution in [0.25, 0.3) is 11.4 Å². The zero-order chi connectivity index (χ0) is 29.8. The number of rotatable bonds is 14. The zero-order valence-corrected chi connectivity index (χ0v) is 25.3. The highest BCUT2D eigenvalue weighted by Gasteiger charge is 2.26. The molecule has 0 saturated carbocycles. The van der Waals surface area contributed by atoms with Crippen LogP contribution in [0, 0.1) is 0 Å². The number of aliphatic hydroxyl groups is 3. The van der Waals surface area contributed by atoms with Gasteiger partial charge in [-0.15, -0.1) is 0 Å². The van der Waals surface area contributed by atoms with E-state index in [9.17, 15) is 10.2 Å². The van der Waals surface area contributed by atoms with Gasteiger partial charge in [-0.25, -0.2) is 9.97 Å². The summed E-state index contributed by atoms with van der Waals surface area (Å²) in [5.74, 6) is 0.666. The number of methoxy groups -OCH3 is 3. The van der Waals surface area contributed by atoms with E-state index in [0.29, 0.717) is 18.3 Å². The number of unbranched alkanes of at least 4 members (excludes halogenated alkanes) is 3. The minimum atomic E-state index is -0.451. The maximum atomic E-state index is 9.78. The van der Waals surface area contributed by atoms with E-state index < -0.39 is 6.29 Å². The largest absolute Gasteiger partial charge is 0.400 e. The van der Waals surface area contributed by atoms with Gasteiger partial charge >= 0.3 is 0 Å². The Morgan fingerprint density at radius 2 is 1.62 bits per heavy atom. The molecule has 1 aromatic carbocycles. The van der Waals surface area contributed by atoms with Crippen LogP contribution in [-0.4, -0.2) is 103 Å². The second-order valence-electron chi connectivity index (χ2n) is 9.90. The second-order valence-corrected chi connectivity index (χ2v) is 9.90. The van der Waals surface area contributed by atoms with Crippen LogP contribution in [0.2, 0.25) is 0 Å². The van der Waals surface area contributed by atoms with Crippen LogP contribution < -0.4 is 5.32 Å². The quantitative estimate of drug-likeness (QED) is 0.198. The van der Waals surface area contributed by atoms with Crippen LogP contribution in [0.1, 0.15) is 64.2 Å². The second kappa shape index (κ2) is 21.6. The molecule has 40 heavy (non-hydrogen) atoms. The van der Waals surface area contributed by atoms with E-state index in [1.165, 1.54) is 0 Å². The minimum Gasteiger partial charge on any atom is -0.400 e. The highest BCUT2D eigenvalue weighted by Crippen LogP contribution is 2.27. The van der Waals surface area contributed by atoms with Crippen molar-refractivity contribution in [3.8, 4) is 11.4 Å². The zero-order valence-electron chi connectivity index (χ0n) is 25.3. The molecule has 0 spiro atoms. The van der Waals surface area contributed by atoms with Gasteiger partial charge in [0, 0.05) is 76.8 Å². The van der Waals surface area contributed by atoms with Crippen LogP contribution in [0.15, 0.2) is 36.7 Å². The lowest BCUT2D eigenvalue weighted by Gasteiger charge is -2.36. The van der Waals surface area contributed by atoms with Crippen molar-refractivity contribution in [1.29, 1.82) is 0 Å². The fourth-order valence-electron chi connectivity index (χ4n) is 4.42. The lowest BCUT2D eigenvalue weighted by Crippen LogP contribution is -2.46. The summed E-state index contributed by atoms with van der Waals surface area (Å²) in [7, 11) is 5.95. The molecule has 3 rings (SSSR count). The number of piperidine rings is 1. The minimum absolute atomic E-state index is 0.105. The molecular formula is C30H52N4O6. The number of aliphatic hydroxyl groups excluding tert-OH is 3. The van der Waals surface area contributed by atoms with E-state index in [1.54, 1.807) is 39.8 Å². The van der Waals surface area contributed by atoms with Crippen molar-refractivity contribution < 1.29 is 29.5 Å². The summed E-state index contributed by atoms with van der Waals surface area (Å²) in [6.45, 7) is 6.87. The van der Waals surface area contributed by atoms with Gasteiger partial charge in [0.2, 0.25) is 0 Å². The van der Waals surface area contributed by atoms with Gasteiger partial charge in [-0.3, -0.25) is 4.90 Å². The highest BCUT2D eigenvalue weighted by molar-refractivity contribution is 5.64. The molecule has 2 heterocycles. The molecule has 1 aliphatic heterocycles. The van der Waals surface area contributed by atoms with Crippen molar-refractivity contribution in [3.05, 3.63) is 42.2 Å². The number of anilines is 1. The smallest absolute Gasteiger partial charge is 0.183 e. The molecule has 0 aliphatic carbocycles. The molecule has 10 heteroatoms. The predicted octanol–water partition coefficient (Wildman–Crippen LogP) is 3.87. The Bertz CT molecular complexity index is 886. The molecule has 1 fully saturated rings. The highest BCUT2D eigenvalue weighted by atomic mass is 16.7. The summed E-state index contributed by atoms with van der Waals surface area (Å²) < 4.78 is 15.6. The van der Waals surface area contributed by atoms with E-state index in [1.807, 2.05) is 26.0 Å². The van der Waals surface area contributed by atoms with Crippen molar-refractivity contribution in [2.75, 3.05) is 60.0 Å². The molecule has 0 radical (unpaired) electrons. The van der Waals surface area contributed by atoms with E-state index in [2.05, 4.69) is 26.3 Å². The summed E-state index contributed by atoms with van der Waals surface area (Å²) in [5, 5.41) is 29.9. The third-order valence-electron chi connectivity index (χ3n) is 6.67. The Morgan fingerprint density at radius 3 is 2.23 bits per heavy atom. The van der Waals surface area contributed by atoms with E-state index in [-0.39, 0.29) is 18.8 Å². The Hall–Kier alpha value is -2.18. The first-order valence-corrected chi connectivity index (χ1v) is 14.1. The summed E-state index contributed by atoms with van der Waals surface area (Å²) in [5.41, 5.74) is 2.82. The van der Waals surface area contributed by atoms with Crippen LogP contribution in [0.4, 0.5) is 5.69 Å². The third-order valence-corrected chi connectivity index (χ3v) is 6.67. The van der Waals surface area contributed by atoms with Gasteiger partial charge in [0.15, 0.2) is 12.1 Å². The molecule has 1 aliphatic rings. The number of nitrogens with zero attached hydrogens (tertiary/aromatic N) is 3. The average molecular weight is 565 g/mol. The van der Waals surface area contributed by atoms with Crippen LogP contribution in [-0.2, 0) is 14.2 Å². The van der Waals surface area contributed by atoms with Crippen molar-refractivity contribution in [2.24, 2.45) is 0 Å². The maximum absolute atomic E-state index is 9.78. The van der Waals surface area contributed by atoms with Crippen molar-refractivity contribution in [2.45, 2.75) is 76.9 Å². The van der Waals surface area contributed by atoms with Crippen LogP contribution >= 0.6 is 0 Å². The normalized spacial score (nSPS) is 17.2. The summed E-state index contributed by atoms with van der Waals surface area (Å²) in [6, 6.07) is 8.01. The number of hydrogen-bond acceptors (Lipinski definition) is 10. The maximum Gasteiger partial charge on any atom is 0.183 e. The van der Waals surface area contributed by atoms with Crippen molar-refractivity contribution in [1.82, 2.24) is 14.9 Å². The first-order chi connectivity index (χ1) is 19.4.